The highest BCUT2D eigenvalue weighted by atomic mass is 16.2. The van der Waals surface area contributed by atoms with Gasteiger partial charge < -0.3 is 9.47 Å². The maximum atomic E-state index is 13.0. The van der Waals surface area contributed by atoms with Crippen molar-refractivity contribution in [2.45, 2.75) is 39.9 Å². The summed E-state index contributed by atoms with van der Waals surface area (Å²) < 4.78 is 2.00. The third kappa shape index (κ3) is 2.85. The van der Waals surface area contributed by atoms with E-state index in [1.807, 2.05) is 27.8 Å². The number of amides is 1. The van der Waals surface area contributed by atoms with E-state index in [0.717, 1.165) is 11.3 Å². The van der Waals surface area contributed by atoms with Crippen molar-refractivity contribution in [3.05, 3.63) is 53.6 Å². The molecule has 5 heteroatoms. The van der Waals surface area contributed by atoms with Gasteiger partial charge in [-0.3, -0.25) is 4.79 Å². The number of imidazole rings is 1. The fraction of sp³-hybridized carbons (Fsp3) is 0.389. The van der Waals surface area contributed by atoms with Crippen LogP contribution < -0.4 is 0 Å². The fourth-order valence-corrected chi connectivity index (χ4v) is 3.08. The van der Waals surface area contributed by atoms with Crippen molar-refractivity contribution in [2.75, 3.05) is 0 Å². The Morgan fingerprint density at radius 3 is 2.61 bits per heavy atom. The van der Waals surface area contributed by atoms with E-state index in [2.05, 4.69) is 31.8 Å². The highest BCUT2D eigenvalue weighted by molar-refractivity contribution is 5.82. The third-order valence-electron chi connectivity index (χ3n) is 4.20. The first kappa shape index (κ1) is 15.3. The van der Waals surface area contributed by atoms with Gasteiger partial charge in [-0.05, 0) is 23.1 Å². The summed E-state index contributed by atoms with van der Waals surface area (Å²) in [6, 6.07) is 9.25. The number of fused-ring (bicyclic) bond motifs is 1. The zero-order valence-electron chi connectivity index (χ0n) is 13.7. The second kappa shape index (κ2) is 5.54. The molecule has 1 aromatic heterocycles. The SMILES string of the molecule is CC(C)(C)C1C(=O)N(Cc2ccc(C#N)cc2)Cc2cncn21. The van der Waals surface area contributed by atoms with E-state index in [4.69, 9.17) is 5.26 Å². The van der Waals surface area contributed by atoms with Gasteiger partial charge in [0.2, 0.25) is 5.91 Å². The van der Waals surface area contributed by atoms with Crippen molar-refractivity contribution in [1.82, 2.24) is 14.5 Å². The average molecular weight is 308 g/mol. The zero-order valence-corrected chi connectivity index (χ0v) is 13.7. The summed E-state index contributed by atoms with van der Waals surface area (Å²) in [7, 11) is 0. The van der Waals surface area contributed by atoms with Gasteiger partial charge >= 0.3 is 0 Å². The standard InChI is InChI=1S/C18H20N4O/c1-18(2,3)16-17(23)21(11-15-9-20-12-22(15)16)10-14-6-4-13(8-19)5-7-14/h4-7,9,12,16H,10-11H2,1-3H3. The van der Waals surface area contributed by atoms with E-state index < -0.39 is 0 Å². The molecule has 0 radical (unpaired) electrons. The minimum atomic E-state index is -0.243. The predicted octanol–water partition coefficient (Wildman–Crippen LogP) is 2.88. The van der Waals surface area contributed by atoms with Crippen LogP contribution in [0, 0.1) is 16.7 Å². The van der Waals surface area contributed by atoms with E-state index in [9.17, 15) is 4.79 Å². The molecule has 2 heterocycles. The molecule has 1 aromatic carbocycles. The zero-order chi connectivity index (χ0) is 16.6. The van der Waals surface area contributed by atoms with E-state index in [-0.39, 0.29) is 17.4 Å². The molecule has 0 fully saturated rings. The molecule has 23 heavy (non-hydrogen) atoms. The molecule has 0 N–H and O–H groups in total. The van der Waals surface area contributed by atoms with Crippen LogP contribution in [0.4, 0.5) is 0 Å². The van der Waals surface area contributed by atoms with Crippen molar-refractivity contribution < 1.29 is 4.79 Å². The van der Waals surface area contributed by atoms with Crippen LogP contribution in [0.25, 0.3) is 0 Å². The van der Waals surface area contributed by atoms with E-state index in [1.54, 1.807) is 18.5 Å². The van der Waals surface area contributed by atoms with Gasteiger partial charge in [0, 0.05) is 12.7 Å². The largest absolute Gasteiger partial charge is 0.331 e. The molecule has 0 saturated heterocycles. The Hall–Kier alpha value is -2.61. The summed E-state index contributed by atoms with van der Waals surface area (Å²) in [6.45, 7) is 7.33. The van der Waals surface area contributed by atoms with Gasteiger partial charge in [-0.1, -0.05) is 32.9 Å². The van der Waals surface area contributed by atoms with Crippen LogP contribution in [0.2, 0.25) is 0 Å². The summed E-state index contributed by atoms with van der Waals surface area (Å²) in [5.41, 5.74) is 2.52. The molecule has 1 aliphatic heterocycles. The lowest BCUT2D eigenvalue weighted by Gasteiger charge is -2.40. The number of aromatic nitrogens is 2. The average Bonchev–Trinajstić information content (AvgIpc) is 2.94. The van der Waals surface area contributed by atoms with Crippen LogP contribution >= 0.6 is 0 Å². The fourth-order valence-electron chi connectivity index (χ4n) is 3.08. The number of benzene rings is 1. The Kier molecular flexibility index (Phi) is 3.69. The molecule has 1 atom stereocenters. The summed E-state index contributed by atoms with van der Waals surface area (Å²) in [5, 5.41) is 8.88. The number of nitrogens with zero attached hydrogens (tertiary/aromatic N) is 4. The number of carbonyl (C=O) groups is 1. The second-order valence-electron chi connectivity index (χ2n) is 7.06. The number of hydrogen-bond donors (Lipinski definition) is 0. The molecule has 118 valence electrons. The Balaban J connectivity index is 1.89. The van der Waals surface area contributed by atoms with Crippen LogP contribution in [-0.2, 0) is 17.9 Å². The first-order chi connectivity index (χ1) is 10.9. The Morgan fingerprint density at radius 2 is 2.00 bits per heavy atom. The quantitative estimate of drug-likeness (QED) is 0.857. The molecular weight excluding hydrogens is 288 g/mol. The number of rotatable bonds is 2. The van der Waals surface area contributed by atoms with Crippen molar-refractivity contribution in [3.63, 3.8) is 0 Å². The van der Waals surface area contributed by atoms with Crippen molar-refractivity contribution in [3.8, 4) is 6.07 Å². The van der Waals surface area contributed by atoms with Gasteiger partial charge in [-0.2, -0.15) is 5.26 Å². The lowest BCUT2D eigenvalue weighted by molar-refractivity contribution is -0.141. The van der Waals surface area contributed by atoms with Crippen LogP contribution in [0.1, 0.15) is 43.6 Å². The van der Waals surface area contributed by atoms with Crippen LogP contribution in [0.3, 0.4) is 0 Å². The van der Waals surface area contributed by atoms with Gasteiger partial charge in [0.05, 0.1) is 30.2 Å². The predicted molar refractivity (Wildman–Crippen MR) is 86.1 cm³/mol. The monoisotopic (exact) mass is 308 g/mol. The summed E-state index contributed by atoms with van der Waals surface area (Å²) in [4.78, 5) is 19.1. The van der Waals surface area contributed by atoms with Gasteiger partial charge in [0.1, 0.15) is 6.04 Å². The molecule has 1 aliphatic rings. The maximum absolute atomic E-state index is 13.0. The highest BCUT2D eigenvalue weighted by Gasteiger charge is 2.40. The maximum Gasteiger partial charge on any atom is 0.246 e. The van der Waals surface area contributed by atoms with Gasteiger partial charge in [-0.25, -0.2) is 4.98 Å². The minimum Gasteiger partial charge on any atom is -0.331 e. The van der Waals surface area contributed by atoms with E-state index >= 15 is 0 Å². The van der Waals surface area contributed by atoms with Crippen LogP contribution in [0.5, 0.6) is 0 Å². The Bertz CT molecular complexity index is 762. The summed E-state index contributed by atoms with van der Waals surface area (Å²) >= 11 is 0. The van der Waals surface area contributed by atoms with Crippen LogP contribution in [-0.4, -0.2) is 20.4 Å². The van der Waals surface area contributed by atoms with E-state index in [0.29, 0.717) is 18.7 Å². The molecule has 3 rings (SSSR count). The smallest absolute Gasteiger partial charge is 0.246 e. The highest BCUT2D eigenvalue weighted by Crippen LogP contribution is 2.36. The van der Waals surface area contributed by atoms with Crippen molar-refractivity contribution in [1.29, 1.82) is 5.26 Å². The van der Waals surface area contributed by atoms with Crippen molar-refractivity contribution >= 4 is 5.91 Å². The number of hydrogen-bond acceptors (Lipinski definition) is 3. The molecular formula is C18H20N4O. The number of nitriles is 1. The second-order valence-corrected chi connectivity index (χ2v) is 7.06. The van der Waals surface area contributed by atoms with Crippen LogP contribution in [0.15, 0.2) is 36.8 Å². The first-order valence-corrected chi connectivity index (χ1v) is 7.68. The van der Waals surface area contributed by atoms with Gasteiger partial charge in [0.25, 0.3) is 0 Å². The molecule has 1 unspecified atom stereocenters. The lowest BCUT2D eigenvalue weighted by Crippen LogP contribution is -2.46. The molecule has 0 spiro atoms. The Morgan fingerprint density at radius 1 is 1.30 bits per heavy atom. The van der Waals surface area contributed by atoms with Crippen molar-refractivity contribution in [2.24, 2.45) is 5.41 Å². The normalized spacial score (nSPS) is 17.7. The summed E-state index contributed by atoms with van der Waals surface area (Å²) in [5.74, 6) is 0.118. The molecule has 1 amide bonds. The topological polar surface area (TPSA) is 61.9 Å². The Labute approximate surface area is 136 Å². The number of carbonyl (C=O) groups excluding carboxylic acids is 1. The van der Waals surface area contributed by atoms with Gasteiger partial charge in [0.15, 0.2) is 0 Å². The first-order valence-electron chi connectivity index (χ1n) is 7.68. The van der Waals surface area contributed by atoms with E-state index in [1.165, 1.54) is 0 Å². The molecule has 0 aliphatic carbocycles. The molecule has 0 saturated carbocycles. The molecule has 5 nitrogen and oxygen atoms in total. The summed E-state index contributed by atoms with van der Waals surface area (Å²) in [6.07, 6.45) is 3.58. The lowest BCUT2D eigenvalue weighted by atomic mass is 9.84. The molecule has 2 aromatic rings. The minimum absolute atomic E-state index is 0.118. The molecule has 0 bridgehead atoms. The van der Waals surface area contributed by atoms with Gasteiger partial charge in [-0.15, -0.1) is 0 Å². The third-order valence-corrected chi connectivity index (χ3v) is 4.20.